The predicted octanol–water partition coefficient (Wildman–Crippen LogP) is 2.32. The molecule has 0 amide bonds. The number of hydrogen-bond acceptors (Lipinski definition) is 6. The van der Waals surface area contributed by atoms with Gasteiger partial charge >= 0.3 is 5.97 Å². The number of para-hydroxylation sites is 1. The van der Waals surface area contributed by atoms with Crippen LogP contribution in [-0.2, 0) is 21.4 Å². The monoisotopic (exact) mass is 350 g/mol. The first-order valence-corrected chi connectivity index (χ1v) is 8.63. The lowest BCUT2D eigenvalue weighted by Crippen LogP contribution is -2.11. The number of anilines is 1. The van der Waals surface area contributed by atoms with Gasteiger partial charge in [-0.1, -0.05) is 18.2 Å². The number of benzene rings is 2. The maximum absolute atomic E-state index is 12.0. The molecule has 0 unspecified atom stereocenters. The molecule has 0 aliphatic heterocycles. The molecule has 126 valence electrons. The second-order valence-corrected chi connectivity index (χ2v) is 6.67. The molecule has 8 nitrogen and oxygen atoms in total. The Hall–Kier alpha value is -2.94. The molecule has 0 heterocycles. The normalized spacial score (nSPS) is 10.9. The summed E-state index contributed by atoms with van der Waals surface area (Å²) in [5.74, 6) is -0.717. The smallest absolute Gasteiger partial charge is 0.338 e. The maximum atomic E-state index is 12.0. The molecule has 2 rings (SSSR count). The van der Waals surface area contributed by atoms with Gasteiger partial charge in [0.05, 0.1) is 22.3 Å². The number of carbonyl (C=O) groups excluding carboxylic acids is 1. The molecule has 0 spiro atoms. The first-order chi connectivity index (χ1) is 11.3. The number of nitrogens with zero attached hydrogens (tertiary/aromatic N) is 1. The fraction of sp³-hybridized carbons (Fsp3) is 0.133. The molecule has 0 aliphatic carbocycles. The minimum atomic E-state index is -3.47. The van der Waals surface area contributed by atoms with Crippen LogP contribution in [0, 0.1) is 10.1 Å². The number of esters is 1. The van der Waals surface area contributed by atoms with E-state index in [-0.39, 0.29) is 29.1 Å². The first kappa shape index (κ1) is 17.4. The molecule has 9 heteroatoms. The van der Waals surface area contributed by atoms with Crippen LogP contribution in [0.1, 0.15) is 15.9 Å². The highest BCUT2D eigenvalue weighted by atomic mass is 32.2. The molecule has 0 radical (unpaired) electrons. The van der Waals surface area contributed by atoms with Crippen LogP contribution in [0.25, 0.3) is 0 Å². The molecule has 0 fully saturated rings. The molecule has 0 aliphatic rings. The third-order valence-corrected chi connectivity index (χ3v) is 3.56. The quantitative estimate of drug-likeness (QED) is 0.485. The van der Waals surface area contributed by atoms with Crippen molar-refractivity contribution in [1.29, 1.82) is 0 Å². The molecule has 0 bridgehead atoms. The summed E-state index contributed by atoms with van der Waals surface area (Å²) in [4.78, 5) is 22.4. The Morgan fingerprint density at radius 3 is 2.58 bits per heavy atom. The van der Waals surface area contributed by atoms with Crippen molar-refractivity contribution in [3.63, 3.8) is 0 Å². The molecule has 0 saturated heterocycles. The molecule has 24 heavy (non-hydrogen) atoms. The fourth-order valence-corrected chi connectivity index (χ4v) is 2.52. The Bertz CT molecular complexity index is 879. The molecule has 0 aromatic heterocycles. The first-order valence-electron chi connectivity index (χ1n) is 6.73. The lowest BCUT2D eigenvalue weighted by atomic mass is 10.2. The molecular formula is C15H14N2O6S. The van der Waals surface area contributed by atoms with Gasteiger partial charge in [-0.05, 0) is 24.3 Å². The molecular weight excluding hydrogens is 336 g/mol. The number of ether oxygens (including phenoxy) is 1. The van der Waals surface area contributed by atoms with Crippen molar-refractivity contribution in [2.75, 3.05) is 11.0 Å². The fourth-order valence-electron chi connectivity index (χ4n) is 1.96. The van der Waals surface area contributed by atoms with Crippen LogP contribution in [0.5, 0.6) is 0 Å². The van der Waals surface area contributed by atoms with E-state index in [2.05, 4.69) is 4.72 Å². The largest absolute Gasteiger partial charge is 0.457 e. The van der Waals surface area contributed by atoms with E-state index in [0.29, 0.717) is 0 Å². The summed E-state index contributed by atoms with van der Waals surface area (Å²) in [5.41, 5.74) is 0.471. The zero-order chi connectivity index (χ0) is 17.7. The Morgan fingerprint density at radius 2 is 1.92 bits per heavy atom. The van der Waals surface area contributed by atoms with Crippen molar-refractivity contribution >= 4 is 27.4 Å². The van der Waals surface area contributed by atoms with Gasteiger partial charge < -0.3 is 4.74 Å². The third-order valence-electron chi connectivity index (χ3n) is 2.95. The van der Waals surface area contributed by atoms with Gasteiger partial charge in [-0.25, -0.2) is 13.2 Å². The van der Waals surface area contributed by atoms with Crippen LogP contribution in [0.4, 0.5) is 11.4 Å². The Labute approximate surface area is 138 Å². The molecule has 2 aromatic carbocycles. The van der Waals surface area contributed by atoms with Crippen LogP contribution in [0.2, 0.25) is 0 Å². The van der Waals surface area contributed by atoms with E-state index in [9.17, 15) is 23.3 Å². The van der Waals surface area contributed by atoms with Gasteiger partial charge in [-0.15, -0.1) is 0 Å². The van der Waals surface area contributed by atoms with Gasteiger partial charge in [0.25, 0.3) is 5.69 Å². The van der Waals surface area contributed by atoms with E-state index >= 15 is 0 Å². The van der Waals surface area contributed by atoms with Crippen LogP contribution in [-0.4, -0.2) is 25.6 Å². The van der Waals surface area contributed by atoms with Gasteiger partial charge in [0, 0.05) is 11.8 Å². The number of nitro benzene ring substituents is 1. The molecule has 0 saturated carbocycles. The summed E-state index contributed by atoms with van der Waals surface area (Å²) in [6, 6.07) is 11.7. The van der Waals surface area contributed by atoms with Crippen molar-refractivity contribution < 1.29 is 22.9 Å². The lowest BCUT2D eigenvalue weighted by Gasteiger charge is -2.08. The molecule has 0 atom stereocenters. The van der Waals surface area contributed by atoms with Crippen LogP contribution < -0.4 is 4.72 Å². The second-order valence-electron chi connectivity index (χ2n) is 4.92. The zero-order valence-corrected chi connectivity index (χ0v) is 13.4. The summed E-state index contributed by atoms with van der Waals surface area (Å²) >= 11 is 0. The van der Waals surface area contributed by atoms with Crippen LogP contribution >= 0.6 is 0 Å². The predicted molar refractivity (Wildman–Crippen MR) is 87.1 cm³/mol. The summed E-state index contributed by atoms with van der Waals surface area (Å²) in [6.07, 6.45) is 0.993. The maximum Gasteiger partial charge on any atom is 0.338 e. The second kappa shape index (κ2) is 7.09. The van der Waals surface area contributed by atoms with Gasteiger partial charge in [0.15, 0.2) is 0 Å². The number of hydrogen-bond donors (Lipinski definition) is 1. The Balaban J connectivity index is 2.11. The Kier molecular flexibility index (Phi) is 5.14. The average Bonchev–Trinajstić information content (AvgIpc) is 2.51. The molecule has 2 aromatic rings. The number of rotatable bonds is 6. The van der Waals surface area contributed by atoms with Crippen molar-refractivity contribution in [1.82, 2.24) is 0 Å². The number of carbonyl (C=O) groups is 1. The van der Waals surface area contributed by atoms with E-state index in [1.165, 1.54) is 42.5 Å². The number of nitro groups is 1. The van der Waals surface area contributed by atoms with Crippen molar-refractivity contribution in [3.05, 3.63) is 69.8 Å². The highest BCUT2D eigenvalue weighted by molar-refractivity contribution is 7.92. The summed E-state index contributed by atoms with van der Waals surface area (Å²) in [6.45, 7) is -0.264. The highest BCUT2D eigenvalue weighted by Crippen LogP contribution is 2.19. The van der Waals surface area contributed by atoms with Crippen molar-refractivity contribution in [2.45, 2.75) is 6.61 Å². The summed E-state index contributed by atoms with van der Waals surface area (Å²) in [5, 5.41) is 10.9. The van der Waals surface area contributed by atoms with Gasteiger partial charge in [-0.3, -0.25) is 14.8 Å². The number of sulfonamides is 1. The zero-order valence-electron chi connectivity index (χ0n) is 12.6. The van der Waals surface area contributed by atoms with Crippen LogP contribution in [0.15, 0.2) is 48.5 Å². The van der Waals surface area contributed by atoms with Gasteiger partial charge in [-0.2, -0.15) is 0 Å². The van der Waals surface area contributed by atoms with Gasteiger partial charge in [0.1, 0.15) is 6.61 Å². The third kappa shape index (κ3) is 4.78. The minimum absolute atomic E-state index is 0.127. The van der Waals surface area contributed by atoms with E-state index in [4.69, 9.17) is 4.74 Å². The van der Waals surface area contributed by atoms with E-state index in [0.717, 1.165) is 6.26 Å². The van der Waals surface area contributed by atoms with Crippen LogP contribution in [0.3, 0.4) is 0 Å². The number of nitrogens with one attached hydrogen (secondary N) is 1. The van der Waals surface area contributed by atoms with E-state index in [1.54, 1.807) is 6.07 Å². The standard InChI is InChI=1S/C15H14N2O6S/c1-24(21,22)16-13-7-4-6-11(9-13)15(18)23-10-12-5-2-3-8-14(12)17(19)20/h2-9,16H,10H2,1H3. The SMILES string of the molecule is CS(=O)(=O)Nc1cccc(C(=O)OCc2ccccc2[N+](=O)[O-])c1. The minimum Gasteiger partial charge on any atom is -0.457 e. The average molecular weight is 350 g/mol. The summed E-state index contributed by atoms with van der Waals surface area (Å²) < 4.78 is 29.7. The highest BCUT2D eigenvalue weighted by Gasteiger charge is 2.15. The van der Waals surface area contributed by atoms with E-state index in [1.807, 2.05) is 0 Å². The Morgan fingerprint density at radius 1 is 1.21 bits per heavy atom. The summed E-state index contributed by atoms with van der Waals surface area (Å²) in [7, 11) is -3.47. The van der Waals surface area contributed by atoms with Crippen molar-refractivity contribution in [3.8, 4) is 0 Å². The van der Waals surface area contributed by atoms with Gasteiger partial charge in [0.2, 0.25) is 10.0 Å². The molecule has 1 N–H and O–H groups in total. The van der Waals surface area contributed by atoms with E-state index < -0.39 is 20.9 Å². The van der Waals surface area contributed by atoms with Crippen molar-refractivity contribution in [2.24, 2.45) is 0 Å². The lowest BCUT2D eigenvalue weighted by molar-refractivity contribution is -0.385. The topological polar surface area (TPSA) is 116 Å².